The Morgan fingerprint density at radius 2 is 1.88 bits per heavy atom. The van der Waals surface area contributed by atoms with E-state index in [4.69, 9.17) is 5.26 Å². The predicted octanol–water partition coefficient (Wildman–Crippen LogP) is 3.13. The van der Waals surface area contributed by atoms with E-state index >= 15 is 0 Å². The summed E-state index contributed by atoms with van der Waals surface area (Å²) >= 11 is 0. The first-order chi connectivity index (χ1) is 12.0. The highest BCUT2D eigenvalue weighted by Gasteiger charge is 2.13. The average Bonchev–Trinajstić information content (AvgIpc) is 2.59. The van der Waals surface area contributed by atoms with E-state index in [-0.39, 0.29) is 18.0 Å². The molecule has 1 N–H and O–H groups in total. The first kappa shape index (κ1) is 16.5. The third kappa shape index (κ3) is 3.15. The van der Waals surface area contributed by atoms with Crippen molar-refractivity contribution in [2.75, 3.05) is 5.32 Å². The maximum Gasteiger partial charge on any atom is 0.269 e. The van der Waals surface area contributed by atoms with Crippen LogP contribution in [0.15, 0.2) is 53.3 Å². The van der Waals surface area contributed by atoms with Gasteiger partial charge in [0.05, 0.1) is 0 Å². The van der Waals surface area contributed by atoms with E-state index in [9.17, 15) is 9.59 Å². The van der Waals surface area contributed by atoms with Crippen molar-refractivity contribution in [3.8, 4) is 6.07 Å². The Hall–Kier alpha value is -3.39. The lowest BCUT2D eigenvalue weighted by Crippen LogP contribution is -2.31. The van der Waals surface area contributed by atoms with Crippen LogP contribution in [0.5, 0.6) is 0 Å². The fraction of sp³-hybridized carbons (Fsp3) is 0.150. The molecule has 3 aromatic rings. The molecule has 0 bridgehead atoms. The highest BCUT2D eigenvalue weighted by molar-refractivity contribution is 6.02. The van der Waals surface area contributed by atoms with E-state index in [1.54, 1.807) is 19.9 Å². The lowest BCUT2D eigenvalue weighted by molar-refractivity contribution is -0.116. The molecule has 0 atom stereocenters. The van der Waals surface area contributed by atoms with Gasteiger partial charge in [0, 0.05) is 16.8 Å². The van der Waals surface area contributed by atoms with Gasteiger partial charge >= 0.3 is 0 Å². The number of aromatic nitrogens is 1. The number of nitrogens with one attached hydrogen (secondary N) is 1. The van der Waals surface area contributed by atoms with Crippen LogP contribution in [0.2, 0.25) is 0 Å². The Kier molecular flexibility index (Phi) is 4.36. The van der Waals surface area contributed by atoms with Gasteiger partial charge in [-0.3, -0.25) is 9.59 Å². The second-order valence-corrected chi connectivity index (χ2v) is 5.92. The highest BCUT2D eigenvalue weighted by atomic mass is 16.2. The molecule has 124 valence electrons. The van der Waals surface area contributed by atoms with Crippen LogP contribution in [-0.2, 0) is 11.3 Å². The van der Waals surface area contributed by atoms with Gasteiger partial charge in [0.25, 0.3) is 5.56 Å². The molecule has 0 aliphatic heterocycles. The molecular formula is C20H17N3O2. The molecule has 1 amide bonds. The van der Waals surface area contributed by atoms with Crippen molar-refractivity contribution in [3.05, 3.63) is 75.7 Å². The Balaban J connectivity index is 1.91. The number of anilines is 1. The maximum atomic E-state index is 12.5. The van der Waals surface area contributed by atoms with Gasteiger partial charge in [-0.2, -0.15) is 5.26 Å². The number of carbonyl (C=O) groups excluding carboxylic acids is 1. The van der Waals surface area contributed by atoms with Gasteiger partial charge in [0.2, 0.25) is 5.91 Å². The molecule has 25 heavy (non-hydrogen) atoms. The van der Waals surface area contributed by atoms with Crippen molar-refractivity contribution < 1.29 is 4.79 Å². The molecule has 0 aliphatic carbocycles. The van der Waals surface area contributed by atoms with E-state index in [1.165, 1.54) is 4.57 Å². The zero-order valence-electron chi connectivity index (χ0n) is 14.0. The minimum Gasteiger partial charge on any atom is -0.324 e. The van der Waals surface area contributed by atoms with Crippen molar-refractivity contribution in [1.29, 1.82) is 5.26 Å². The summed E-state index contributed by atoms with van der Waals surface area (Å²) in [6, 6.07) is 17.1. The molecule has 2 aromatic carbocycles. The monoisotopic (exact) mass is 331 g/mol. The zero-order chi connectivity index (χ0) is 18.0. The fourth-order valence-electron chi connectivity index (χ4n) is 2.93. The number of nitrogens with zero attached hydrogens (tertiary/aromatic N) is 2. The first-order valence-electron chi connectivity index (χ1n) is 7.90. The molecule has 3 rings (SSSR count). The van der Waals surface area contributed by atoms with Crippen LogP contribution in [0.4, 0.5) is 5.69 Å². The predicted molar refractivity (Wildman–Crippen MR) is 97.5 cm³/mol. The number of benzene rings is 2. The third-order valence-electron chi connectivity index (χ3n) is 4.18. The van der Waals surface area contributed by atoms with Gasteiger partial charge in [-0.1, -0.05) is 36.4 Å². The summed E-state index contributed by atoms with van der Waals surface area (Å²) < 4.78 is 1.33. The Bertz CT molecular complexity index is 1070. The summed E-state index contributed by atoms with van der Waals surface area (Å²) in [6.07, 6.45) is 0. The van der Waals surface area contributed by atoms with Gasteiger partial charge in [-0.05, 0) is 36.9 Å². The number of amides is 1. The molecule has 0 aliphatic rings. The van der Waals surface area contributed by atoms with Crippen LogP contribution in [0, 0.1) is 25.2 Å². The lowest BCUT2D eigenvalue weighted by atomic mass is 10.1. The number of fused-ring (bicyclic) bond motifs is 1. The summed E-state index contributed by atoms with van der Waals surface area (Å²) in [5, 5.41) is 14.0. The summed E-state index contributed by atoms with van der Waals surface area (Å²) in [6.45, 7) is 3.33. The molecule has 0 unspecified atom stereocenters. The van der Waals surface area contributed by atoms with Crippen LogP contribution in [-0.4, -0.2) is 10.5 Å². The molecular weight excluding hydrogens is 314 g/mol. The van der Waals surface area contributed by atoms with Crippen molar-refractivity contribution in [3.63, 3.8) is 0 Å². The number of nitriles is 1. The topological polar surface area (TPSA) is 74.9 Å². The van der Waals surface area contributed by atoms with Crippen LogP contribution in [0.3, 0.4) is 0 Å². The number of hydrogen-bond acceptors (Lipinski definition) is 3. The average molecular weight is 331 g/mol. The summed E-state index contributed by atoms with van der Waals surface area (Å²) in [5.41, 5.74) is 1.60. The summed E-state index contributed by atoms with van der Waals surface area (Å²) in [7, 11) is 0. The standard InChI is InChI=1S/C20H17N3O2/c1-13-10-14(2)23(20(25)17(13)11-21)12-19(24)22-18-9-5-7-15-6-3-4-8-16(15)18/h3-10H,12H2,1-2H3,(H,22,24). The second kappa shape index (κ2) is 6.62. The normalized spacial score (nSPS) is 10.4. The quantitative estimate of drug-likeness (QED) is 0.801. The molecule has 0 spiro atoms. The van der Waals surface area contributed by atoms with Crippen molar-refractivity contribution >= 4 is 22.4 Å². The first-order valence-corrected chi connectivity index (χ1v) is 7.90. The third-order valence-corrected chi connectivity index (χ3v) is 4.18. The van der Waals surface area contributed by atoms with Crippen molar-refractivity contribution in [2.45, 2.75) is 20.4 Å². The minimum atomic E-state index is -0.437. The zero-order valence-corrected chi connectivity index (χ0v) is 14.0. The van der Waals surface area contributed by atoms with Crippen molar-refractivity contribution in [2.24, 2.45) is 0 Å². The molecule has 5 nitrogen and oxygen atoms in total. The van der Waals surface area contributed by atoms with Gasteiger partial charge in [0.1, 0.15) is 18.2 Å². The molecule has 0 saturated heterocycles. The van der Waals surface area contributed by atoms with Gasteiger partial charge in [-0.25, -0.2) is 0 Å². The number of hydrogen-bond donors (Lipinski definition) is 1. The summed E-state index contributed by atoms with van der Waals surface area (Å²) in [5.74, 6) is -0.311. The van der Waals surface area contributed by atoms with Crippen LogP contribution < -0.4 is 10.9 Å². The molecule has 0 fully saturated rings. The van der Waals surface area contributed by atoms with E-state index in [2.05, 4.69) is 5.32 Å². The van der Waals surface area contributed by atoms with Gasteiger partial charge in [0.15, 0.2) is 0 Å². The number of carbonyl (C=O) groups is 1. The van der Waals surface area contributed by atoms with Crippen LogP contribution >= 0.6 is 0 Å². The molecule has 1 heterocycles. The van der Waals surface area contributed by atoms with Crippen molar-refractivity contribution in [1.82, 2.24) is 4.57 Å². The SMILES string of the molecule is Cc1cc(C)n(CC(=O)Nc2cccc3ccccc23)c(=O)c1C#N. The lowest BCUT2D eigenvalue weighted by Gasteiger charge is -2.13. The Morgan fingerprint density at radius 3 is 2.64 bits per heavy atom. The maximum absolute atomic E-state index is 12.5. The van der Waals surface area contributed by atoms with Gasteiger partial charge in [-0.15, -0.1) is 0 Å². The highest BCUT2D eigenvalue weighted by Crippen LogP contribution is 2.22. The molecule has 5 heteroatoms. The van der Waals surface area contributed by atoms with E-state index < -0.39 is 5.56 Å². The van der Waals surface area contributed by atoms with E-state index in [0.29, 0.717) is 16.9 Å². The fourth-order valence-corrected chi connectivity index (χ4v) is 2.93. The second-order valence-electron chi connectivity index (χ2n) is 5.92. The van der Waals surface area contributed by atoms with Gasteiger partial charge < -0.3 is 9.88 Å². The minimum absolute atomic E-state index is 0.0727. The molecule has 1 aromatic heterocycles. The molecule has 0 radical (unpaired) electrons. The van der Waals surface area contributed by atoms with Crippen LogP contribution in [0.25, 0.3) is 10.8 Å². The summed E-state index contributed by atoms with van der Waals surface area (Å²) in [4.78, 5) is 24.9. The van der Waals surface area contributed by atoms with Crippen LogP contribution in [0.1, 0.15) is 16.8 Å². The largest absolute Gasteiger partial charge is 0.324 e. The number of aryl methyl sites for hydroxylation is 2. The number of rotatable bonds is 3. The van der Waals surface area contributed by atoms with E-state index in [1.807, 2.05) is 48.5 Å². The number of pyridine rings is 1. The van der Waals surface area contributed by atoms with E-state index in [0.717, 1.165) is 10.8 Å². The Morgan fingerprint density at radius 1 is 1.16 bits per heavy atom. The molecule has 0 saturated carbocycles. The smallest absolute Gasteiger partial charge is 0.269 e. The Labute approximate surface area is 145 Å².